The molecular weight excluding hydrogens is 370 g/mol. The average Bonchev–Trinajstić information content (AvgIpc) is 3.36. The summed E-state index contributed by atoms with van der Waals surface area (Å²) in [6, 6.07) is 7.16. The zero-order valence-electron chi connectivity index (χ0n) is 14.5. The Bertz CT molecular complexity index is 911. The number of nitrogens with zero attached hydrogens (tertiary/aromatic N) is 5. The predicted octanol–water partition coefficient (Wildman–Crippen LogP) is 3.11. The normalized spacial score (nSPS) is 17.2. The number of carbonyl (C=O) groups excluding carboxylic acids is 1. The molecule has 4 rings (SSSR count). The summed E-state index contributed by atoms with van der Waals surface area (Å²) < 4.78 is 10.4. The Morgan fingerprint density at radius 3 is 3.00 bits per heavy atom. The topological polar surface area (TPSA) is 98.2 Å². The highest BCUT2D eigenvalue weighted by Crippen LogP contribution is 2.27. The monoisotopic (exact) mass is 387 g/mol. The molecule has 9 heteroatoms. The molecule has 1 unspecified atom stereocenters. The maximum absolute atomic E-state index is 12.5. The van der Waals surface area contributed by atoms with Crippen LogP contribution in [-0.4, -0.2) is 44.2 Å². The summed E-state index contributed by atoms with van der Waals surface area (Å²) >= 11 is 5.73. The molecule has 140 valence electrons. The van der Waals surface area contributed by atoms with Crippen molar-refractivity contribution in [3.63, 3.8) is 0 Å². The van der Waals surface area contributed by atoms with E-state index >= 15 is 0 Å². The number of hydrogen-bond acceptors (Lipinski definition) is 7. The van der Waals surface area contributed by atoms with Gasteiger partial charge >= 0.3 is 0 Å². The van der Waals surface area contributed by atoms with Gasteiger partial charge in [-0.15, -0.1) is 0 Å². The van der Waals surface area contributed by atoms with Crippen molar-refractivity contribution in [1.82, 2.24) is 25.2 Å². The van der Waals surface area contributed by atoms with Crippen molar-refractivity contribution in [3.8, 4) is 11.6 Å². The van der Waals surface area contributed by atoms with Crippen LogP contribution >= 0.6 is 11.6 Å². The molecule has 0 aromatic carbocycles. The number of aromatic nitrogens is 4. The first-order valence-electron chi connectivity index (χ1n) is 8.83. The SMILES string of the molecule is O=C(CCc1cc(Cl)no1)N1CCCC(c2noc(-c3ccccn3)n2)C1. The molecule has 1 fully saturated rings. The third-order valence-electron chi connectivity index (χ3n) is 4.58. The summed E-state index contributed by atoms with van der Waals surface area (Å²) in [5.41, 5.74) is 0.644. The number of carbonyl (C=O) groups is 1. The van der Waals surface area contributed by atoms with Crippen molar-refractivity contribution in [2.45, 2.75) is 31.6 Å². The lowest BCUT2D eigenvalue weighted by Gasteiger charge is -2.31. The van der Waals surface area contributed by atoms with Crippen LogP contribution in [0.3, 0.4) is 0 Å². The molecule has 3 aromatic rings. The van der Waals surface area contributed by atoms with E-state index in [2.05, 4.69) is 20.3 Å². The summed E-state index contributed by atoms with van der Waals surface area (Å²) in [7, 11) is 0. The largest absolute Gasteiger partial charge is 0.360 e. The van der Waals surface area contributed by atoms with Crippen molar-refractivity contribution >= 4 is 17.5 Å². The molecule has 0 radical (unpaired) electrons. The predicted molar refractivity (Wildman–Crippen MR) is 95.9 cm³/mol. The van der Waals surface area contributed by atoms with Gasteiger partial charge in [0.15, 0.2) is 11.0 Å². The highest BCUT2D eigenvalue weighted by molar-refractivity contribution is 6.29. The quantitative estimate of drug-likeness (QED) is 0.663. The second-order valence-electron chi connectivity index (χ2n) is 6.47. The molecule has 1 aliphatic heterocycles. The van der Waals surface area contributed by atoms with Crippen molar-refractivity contribution in [1.29, 1.82) is 0 Å². The van der Waals surface area contributed by atoms with E-state index in [-0.39, 0.29) is 11.8 Å². The second kappa shape index (κ2) is 7.87. The Kier molecular flexibility index (Phi) is 5.15. The highest BCUT2D eigenvalue weighted by Gasteiger charge is 2.28. The van der Waals surface area contributed by atoms with Crippen molar-refractivity contribution in [3.05, 3.63) is 47.2 Å². The highest BCUT2D eigenvalue weighted by atomic mass is 35.5. The molecule has 1 aliphatic rings. The Labute approximate surface area is 160 Å². The summed E-state index contributed by atoms with van der Waals surface area (Å²) in [5.74, 6) is 1.76. The lowest BCUT2D eigenvalue weighted by molar-refractivity contribution is -0.132. The Balaban J connectivity index is 1.38. The van der Waals surface area contributed by atoms with Crippen LogP contribution in [0.15, 0.2) is 39.5 Å². The lowest BCUT2D eigenvalue weighted by atomic mass is 9.97. The van der Waals surface area contributed by atoms with Gasteiger partial charge in [-0.25, -0.2) is 0 Å². The molecule has 1 saturated heterocycles. The van der Waals surface area contributed by atoms with Crippen LogP contribution in [0.25, 0.3) is 11.6 Å². The van der Waals surface area contributed by atoms with Gasteiger partial charge in [-0.3, -0.25) is 9.78 Å². The van der Waals surface area contributed by atoms with Gasteiger partial charge in [0.25, 0.3) is 5.89 Å². The van der Waals surface area contributed by atoms with Crippen LogP contribution < -0.4 is 0 Å². The Hall–Kier alpha value is -2.74. The van der Waals surface area contributed by atoms with Gasteiger partial charge in [0.2, 0.25) is 5.91 Å². The van der Waals surface area contributed by atoms with Crippen molar-refractivity contribution < 1.29 is 13.8 Å². The van der Waals surface area contributed by atoms with Gasteiger partial charge < -0.3 is 13.9 Å². The molecule has 0 bridgehead atoms. The van der Waals surface area contributed by atoms with Crippen LogP contribution in [0.4, 0.5) is 0 Å². The number of likely N-dealkylation sites (tertiary alicyclic amines) is 1. The molecule has 1 atom stereocenters. The second-order valence-corrected chi connectivity index (χ2v) is 6.85. The number of amides is 1. The molecular formula is C18H18ClN5O3. The van der Waals surface area contributed by atoms with Crippen LogP contribution in [0.1, 0.15) is 36.8 Å². The van der Waals surface area contributed by atoms with E-state index in [1.54, 1.807) is 12.3 Å². The van der Waals surface area contributed by atoms with Gasteiger partial charge in [-0.2, -0.15) is 4.98 Å². The molecule has 27 heavy (non-hydrogen) atoms. The molecule has 0 aliphatic carbocycles. The first-order valence-corrected chi connectivity index (χ1v) is 9.21. The van der Waals surface area contributed by atoms with E-state index in [4.69, 9.17) is 20.6 Å². The molecule has 0 N–H and O–H groups in total. The van der Waals surface area contributed by atoms with E-state index in [1.165, 1.54) is 0 Å². The maximum Gasteiger partial charge on any atom is 0.276 e. The van der Waals surface area contributed by atoms with Gasteiger partial charge in [0, 0.05) is 44.1 Å². The summed E-state index contributed by atoms with van der Waals surface area (Å²) in [6.07, 6.45) is 4.33. The Morgan fingerprint density at radius 2 is 2.22 bits per heavy atom. The number of aryl methyl sites for hydroxylation is 1. The summed E-state index contributed by atoms with van der Waals surface area (Å²) in [6.45, 7) is 1.31. The number of piperidine rings is 1. The first-order chi connectivity index (χ1) is 13.2. The molecule has 8 nitrogen and oxygen atoms in total. The van der Waals surface area contributed by atoms with Crippen LogP contribution in [0.5, 0.6) is 0 Å². The minimum absolute atomic E-state index is 0.0589. The summed E-state index contributed by atoms with van der Waals surface area (Å²) in [4.78, 5) is 23.1. The third kappa shape index (κ3) is 4.16. The van der Waals surface area contributed by atoms with Crippen molar-refractivity contribution in [2.75, 3.05) is 13.1 Å². The number of rotatable bonds is 5. The number of pyridine rings is 1. The smallest absolute Gasteiger partial charge is 0.276 e. The number of halogens is 1. The number of hydrogen-bond donors (Lipinski definition) is 0. The van der Waals surface area contributed by atoms with E-state index in [1.807, 2.05) is 23.1 Å². The molecule has 0 spiro atoms. The molecule has 4 heterocycles. The molecule has 3 aromatic heterocycles. The minimum atomic E-state index is 0.0589. The van der Waals surface area contributed by atoms with E-state index in [0.29, 0.717) is 47.7 Å². The zero-order chi connectivity index (χ0) is 18.6. The van der Waals surface area contributed by atoms with Gasteiger partial charge in [-0.1, -0.05) is 28.0 Å². The van der Waals surface area contributed by atoms with E-state index in [0.717, 1.165) is 19.4 Å². The fourth-order valence-corrected chi connectivity index (χ4v) is 3.36. The van der Waals surface area contributed by atoms with E-state index < -0.39 is 0 Å². The maximum atomic E-state index is 12.5. The molecule has 0 saturated carbocycles. The first kappa shape index (κ1) is 17.7. The van der Waals surface area contributed by atoms with E-state index in [9.17, 15) is 4.79 Å². The van der Waals surface area contributed by atoms with Crippen molar-refractivity contribution in [2.24, 2.45) is 0 Å². The minimum Gasteiger partial charge on any atom is -0.360 e. The molecule has 1 amide bonds. The van der Waals surface area contributed by atoms with Crippen LogP contribution in [-0.2, 0) is 11.2 Å². The van der Waals surface area contributed by atoms with Gasteiger partial charge in [0.05, 0.1) is 0 Å². The average molecular weight is 388 g/mol. The fourth-order valence-electron chi connectivity index (χ4n) is 3.20. The third-order valence-corrected chi connectivity index (χ3v) is 4.76. The Morgan fingerprint density at radius 1 is 1.30 bits per heavy atom. The fraction of sp³-hybridized carbons (Fsp3) is 0.389. The van der Waals surface area contributed by atoms with Crippen LogP contribution in [0, 0.1) is 0 Å². The van der Waals surface area contributed by atoms with Gasteiger partial charge in [-0.05, 0) is 25.0 Å². The zero-order valence-corrected chi connectivity index (χ0v) is 15.3. The van der Waals surface area contributed by atoms with Gasteiger partial charge in [0.1, 0.15) is 11.5 Å². The lowest BCUT2D eigenvalue weighted by Crippen LogP contribution is -2.39. The summed E-state index contributed by atoms with van der Waals surface area (Å²) in [5, 5.41) is 8.03. The standard InChI is InChI=1S/C18H18ClN5O3/c19-15-10-13(26-22-15)6-7-16(25)24-9-3-4-12(11-24)17-21-18(27-23-17)14-5-1-2-8-20-14/h1-2,5,8,10,12H,3-4,6-7,9,11H2. The van der Waals surface area contributed by atoms with Crippen LogP contribution in [0.2, 0.25) is 5.15 Å².